The lowest BCUT2D eigenvalue weighted by molar-refractivity contribution is -0.115. The molecule has 0 unspecified atom stereocenters. The van der Waals surface area contributed by atoms with Crippen molar-refractivity contribution in [3.8, 4) is 0 Å². The lowest BCUT2D eigenvalue weighted by Crippen LogP contribution is -2.38. The summed E-state index contributed by atoms with van der Waals surface area (Å²) in [5.41, 5.74) is 3.59. The Bertz CT molecular complexity index is 849. The van der Waals surface area contributed by atoms with Gasteiger partial charge in [0.2, 0.25) is 5.91 Å². The number of piperidine rings is 1. The number of anilines is 1. The van der Waals surface area contributed by atoms with Gasteiger partial charge in [0.1, 0.15) is 0 Å². The molecule has 6 nitrogen and oxygen atoms in total. The Kier molecular flexibility index (Phi) is 7.03. The summed E-state index contributed by atoms with van der Waals surface area (Å²) < 4.78 is 0. The molecule has 0 spiro atoms. The monoisotopic (exact) mass is 414 g/mol. The Morgan fingerprint density at radius 1 is 1.14 bits per heavy atom. The van der Waals surface area contributed by atoms with Crippen molar-refractivity contribution in [3.05, 3.63) is 46.0 Å². The Labute approximate surface area is 176 Å². The molecule has 0 bridgehead atoms. The minimum atomic E-state index is -0.274. The van der Waals surface area contributed by atoms with Crippen molar-refractivity contribution >= 4 is 28.3 Å². The summed E-state index contributed by atoms with van der Waals surface area (Å²) in [5.74, 6) is 0.888. The summed E-state index contributed by atoms with van der Waals surface area (Å²) in [6.07, 6.45) is 1.28. The zero-order valence-corrected chi connectivity index (χ0v) is 18.4. The zero-order chi connectivity index (χ0) is 21.0. The molecule has 0 aliphatic carbocycles. The van der Waals surface area contributed by atoms with Crippen molar-refractivity contribution in [1.29, 1.82) is 0 Å². The first kappa shape index (κ1) is 21.5. The average Bonchev–Trinajstić information content (AvgIpc) is 3.04. The van der Waals surface area contributed by atoms with Gasteiger partial charge in [0.15, 0.2) is 5.13 Å². The van der Waals surface area contributed by atoms with Gasteiger partial charge >= 0.3 is 0 Å². The SMILES string of the molecule is Cc1cc(C)cc(C(=O)NCC(=O)Nc2nc(CN3C[C@H](C)C[C@H](C)C3)cs2)c1. The predicted molar refractivity (Wildman–Crippen MR) is 117 cm³/mol. The highest BCUT2D eigenvalue weighted by Crippen LogP contribution is 2.23. The van der Waals surface area contributed by atoms with Gasteiger partial charge in [-0.15, -0.1) is 11.3 Å². The number of hydrogen-bond acceptors (Lipinski definition) is 5. The first-order valence-corrected chi connectivity index (χ1v) is 11.0. The highest BCUT2D eigenvalue weighted by Gasteiger charge is 2.22. The Morgan fingerprint density at radius 3 is 2.45 bits per heavy atom. The van der Waals surface area contributed by atoms with E-state index in [4.69, 9.17) is 0 Å². The van der Waals surface area contributed by atoms with E-state index in [1.54, 1.807) is 0 Å². The van der Waals surface area contributed by atoms with E-state index < -0.39 is 0 Å². The Balaban J connectivity index is 1.48. The summed E-state index contributed by atoms with van der Waals surface area (Å²) in [6, 6.07) is 5.64. The number of nitrogens with one attached hydrogen (secondary N) is 2. The van der Waals surface area contributed by atoms with Crippen LogP contribution in [0.5, 0.6) is 0 Å². The zero-order valence-electron chi connectivity index (χ0n) is 17.6. The van der Waals surface area contributed by atoms with Crippen molar-refractivity contribution in [2.75, 3.05) is 25.0 Å². The summed E-state index contributed by atoms with van der Waals surface area (Å²) >= 11 is 1.42. The highest BCUT2D eigenvalue weighted by atomic mass is 32.1. The molecule has 1 fully saturated rings. The Morgan fingerprint density at radius 2 is 1.79 bits per heavy atom. The lowest BCUT2D eigenvalue weighted by atomic mass is 9.92. The van der Waals surface area contributed by atoms with Crippen molar-refractivity contribution in [2.45, 2.75) is 40.7 Å². The number of amides is 2. The topological polar surface area (TPSA) is 74.3 Å². The summed E-state index contributed by atoms with van der Waals surface area (Å²) in [7, 11) is 0. The van der Waals surface area contributed by atoms with E-state index in [9.17, 15) is 9.59 Å². The van der Waals surface area contributed by atoms with Gasteiger partial charge < -0.3 is 10.6 Å². The van der Waals surface area contributed by atoms with E-state index >= 15 is 0 Å². The van der Waals surface area contributed by atoms with Gasteiger partial charge in [0.25, 0.3) is 5.91 Å². The predicted octanol–water partition coefficient (Wildman–Crippen LogP) is 3.61. The maximum absolute atomic E-state index is 12.3. The average molecular weight is 415 g/mol. The van der Waals surface area contributed by atoms with Crippen LogP contribution in [0.3, 0.4) is 0 Å². The first-order valence-electron chi connectivity index (χ1n) is 10.1. The molecule has 3 rings (SSSR count). The standard InChI is InChI=1S/C22H30N4O2S/c1-14-5-15(2)8-18(7-14)21(28)23-9-20(27)25-22-24-19(13-29-22)12-26-10-16(3)6-17(4)11-26/h5,7-8,13,16-17H,6,9-12H2,1-4H3,(H,23,28)(H,24,25,27)/t16-,17+. The fourth-order valence-electron chi connectivity index (χ4n) is 4.12. The van der Waals surface area contributed by atoms with Crippen LogP contribution >= 0.6 is 11.3 Å². The quantitative estimate of drug-likeness (QED) is 0.757. The van der Waals surface area contributed by atoms with Crippen molar-refractivity contribution in [2.24, 2.45) is 11.8 Å². The third-order valence-corrected chi connectivity index (χ3v) is 5.83. The number of carbonyl (C=O) groups is 2. The molecule has 1 aliphatic heterocycles. The van der Waals surface area contributed by atoms with E-state index in [0.29, 0.717) is 22.5 Å². The number of carbonyl (C=O) groups excluding carboxylic acids is 2. The molecule has 1 aliphatic rings. The van der Waals surface area contributed by atoms with Crippen LogP contribution in [0, 0.1) is 25.7 Å². The van der Waals surface area contributed by atoms with E-state index in [2.05, 4.69) is 34.4 Å². The maximum Gasteiger partial charge on any atom is 0.251 e. The molecule has 2 heterocycles. The molecule has 29 heavy (non-hydrogen) atoms. The summed E-state index contributed by atoms with van der Waals surface area (Å²) in [4.78, 5) is 31.4. The van der Waals surface area contributed by atoms with Crippen LogP contribution in [0.15, 0.2) is 23.6 Å². The molecule has 1 saturated heterocycles. The van der Waals surface area contributed by atoms with Gasteiger partial charge in [0, 0.05) is 30.6 Å². The second-order valence-electron chi connectivity index (χ2n) is 8.39. The van der Waals surface area contributed by atoms with Crippen LogP contribution in [0.25, 0.3) is 0 Å². The molecule has 1 aromatic carbocycles. The third-order valence-electron chi connectivity index (χ3n) is 5.02. The maximum atomic E-state index is 12.3. The van der Waals surface area contributed by atoms with Crippen LogP contribution in [0.1, 0.15) is 47.4 Å². The molecule has 7 heteroatoms. The number of benzene rings is 1. The molecule has 0 saturated carbocycles. The summed E-state index contributed by atoms with van der Waals surface area (Å²) in [6.45, 7) is 11.4. The van der Waals surface area contributed by atoms with Gasteiger partial charge in [-0.3, -0.25) is 14.5 Å². The van der Waals surface area contributed by atoms with Crippen LogP contribution < -0.4 is 10.6 Å². The van der Waals surface area contributed by atoms with E-state index in [1.807, 2.05) is 37.4 Å². The Hall–Kier alpha value is -2.25. The molecule has 2 amide bonds. The number of thiazole rings is 1. The fourth-order valence-corrected chi connectivity index (χ4v) is 4.84. The first-order chi connectivity index (χ1) is 13.8. The van der Waals surface area contributed by atoms with Crippen LogP contribution in [-0.2, 0) is 11.3 Å². The smallest absolute Gasteiger partial charge is 0.251 e. The van der Waals surface area contributed by atoms with E-state index in [-0.39, 0.29) is 18.4 Å². The molecule has 156 valence electrons. The third kappa shape index (κ3) is 6.37. The second-order valence-corrected chi connectivity index (χ2v) is 9.25. The highest BCUT2D eigenvalue weighted by molar-refractivity contribution is 7.13. The molecule has 2 atom stereocenters. The minimum Gasteiger partial charge on any atom is -0.343 e. The molecular formula is C22H30N4O2S. The number of nitrogens with zero attached hydrogens (tertiary/aromatic N) is 2. The second kappa shape index (κ2) is 9.50. The van der Waals surface area contributed by atoms with Crippen LogP contribution in [-0.4, -0.2) is 41.3 Å². The minimum absolute atomic E-state index is 0.0815. The van der Waals surface area contributed by atoms with Crippen LogP contribution in [0.2, 0.25) is 0 Å². The van der Waals surface area contributed by atoms with Gasteiger partial charge in [-0.1, -0.05) is 31.0 Å². The normalized spacial score (nSPS) is 19.7. The molecule has 2 N–H and O–H groups in total. The largest absolute Gasteiger partial charge is 0.343 e. The lowest BCUT2D eigenvalue weighted by Gasteiger charge is -2.34. The van der Waals surface area contributed by atoms with Crippen LogP contribution in [0.4, 0.5) is 5.13 Å². The van der Waals surface area contributed by atoms with Crippen molar-refractivity contribution in [1.82, 2.24) is 15.2 Å². The number of likely N-dealkylation sites (tertiary alicyclic amines) is 1. The number of aryl methyl sites for hydroxylation is 2. The van der Waals surface area contributed by atoms with Gasteiger partial charge in [-0.25, -0.2) is 4.98 Å². The van der Waals surface area contributed by atoms with Crippen molar-refractivity contribution < 1.29 is 9.59 Å². The van der Waals surface area contributed by atoms with Gasteiger partial charge in [0.05, 0.1) is 12.2 Å². The molecule has 0 radical (unpaired) electrons. The number of rotatable bonds is 6. The molecular weight excluding hydrogens is 384 g/mol. The van der Waals surface area contributed by atoms with Crippen molar-refractivity contribution in [3.63, 3.8) is 0 Å². The van der Waals surface area contributed by atoms with Gasteiger partial charge in [-0.2, -0.15) is 0 Å². The molecule has 1 aromatic heterocycles. The number of hydrogen-bond donors (Lipinski definition) is 2. The summed E-state index contributed by atoms with van der Waals surface area (Å²) in [5, 5.41) is 8.02. The number of aromatic nitrogens is 1. The fraction of sp³-hybridized carbons (Fsp3) is 0.500. The van der Waals surface area contributed by atoms with E-state index in [0.717, 1.165) is 36.5 Å². The van der Waals surface area contributed by atoms with Gasteiger partial charge in [-0.05, 0) is 44.2 Å². The van der Waals surface area contributed by atoms with E-state index in [1.165, 1.54) is 17.8 Å². The molecule has 2 aromatic rings.